The molecule has 4 aliphatic rings. The summed E-state index contributed by atoms with van der Waals surface area (Å²) in [6, 6.07) is 70.3. The highest BCUT2D eigenvalue weighted by atomic mass is 16.5. The Bertz CT molecular complexity index is 3230. The van der Waals surface area contributed by atoms with E-state index in [-0.39, 0.29) is 13.4 Å². The molecule has 0 fully saturated rings. The van der Waals surface area contributed by atoms with Crippen molar-refractivity contribution in [1.29, 1.82) is 0 Å². The van der Waals surface area contributed by atoms with E-state index in [1.165, 1.54) is 44.2 Å². The number of ether oxygens (including phenoxy) is 2. The molecule has 276 valence electrons. The predicted molar refractivity (Wildman–Crippen MR) is 251 cm³/mol. The number of benzene rings is 10. The van der Waals surface area contributed by atoms with Crippen LogP contribution in [0.3, 0.4) is 0 Å². The summed E-state index contributed by atoms with van der Waals surface area (Å²) in [6.07, 6.45) is 0. The first-order valence-corrected chi connectivity index (χ1v) is 20.8. The van der Waals surface area contributed by atoms with Crippen LogP contribution < -0.4 is 52.1 Å². The monoisotopic (exact) mass is 762 g/mol. The third-order valence-electron chi connectivity index (χ3n) is 13.3. The average Bonchev–Trinajstić information content (AvgIpc) is 3.31. The van der Waals surface area contributed by atoms with Gasteiger partial charge in [-0.1, -0.05) is 133 Å². The number of para-hydroxylation sites is 4. The normalized spacial score (nSPS) is 13.8. The van der Waals surface area contributed by atoms with Crippen molar-refractivity contribution < 1.29 is 9.47 Å². The molecule has 0 saturated heterocycles. The Balaban J connectivity index is 1.01. The van der Waals surface area contributed by atoms with E-state index >= 15 is 0 Å². The van der Waals surface area contributed by atoms with Crippen molar-refractivity contribution in [3.8, 4) is 23.0 Å². The van der Waals surface area contributed by atoms with Crippen LogP contribution in [0.1, 0.15) is 0 Å². The quantitative estimate of drug-likeness (QED) is 0.129. The molecule has 0 atom stereocenters. The zero-order chi connectivity index (χ0) is 39.1. The van der Waals surface area contributed by atoms with Crippen LogP contribution in [0.2, 0.25) is 0 Å². The van der Waals surface area contributed by atoms with E-state index in [1.54, 1.807) is 0 Å². The van der Waals surface area contributed by atoms with Crippen molar-refractivity contribution in [2.75, 3.05) is 9.80 Å². The fraction of sp³-hybridized carbons (Fsp3) is 0. The van der Waals surface area contributed by atoms with Gasteiger partial charge in [0, 0.05) is 44.9 Å². The number of fused-ring (bicyclic) bond motifs is 16. The van der Waals surface area contributed by atoms with Gasteiger partial charge >= 0.3 is 0 Å². The second-order valence-corrected chi connectivity index (χ2v) is 16.3. The Morgan fingerprint density at radius 1 is 0.300 bits per heavy atom. The van der Waals surface area contributed by atoms with Crippen LogP contribution in [-0.2, 0) is 0 Å². The lowest BCUT2D eigenvalue weighted by atomic mass is 9.34. The van der Waals surface area contributed by atoms with Crippen LogP contribution in [0.5, 0.6) is 23.0 Å². The van der Waals surface area contributed by atoms with E-state index < -0.39 is 0 Å². The second-order valence-electron chi connectivity index (χ2n) is 16.3. The smallest absolute Gasteiger partial charge is 0.256 e. The molecule has 4 nitrogen and oxygen atoms in total. The molecule has 0 amide bonds. The molecular weight excluding hydrogens is 730 g/mol. The lowest BCUT2D eigenvalue weighted by molar-refractivity contribution is 0.492. The van der Waals surface area contributed by atoms with Crippen LogP contribution in [0, 0.1) is 0 Å². The molecule has 0 aliphatic carbocycles. The molecular formula is C54H32B2N2O2. The summed E-state index contributed by atoms with van der Waals surface area (Å²) in [7, 11) is 0. The van der Waals surface area contributed by atoms with Crippen molar-refractivity contribution in [1.82, 2.24) is 0 Å². The highest BCUT2D eigenvalue weighted by molar-refractivity contribution is 7.00. The lowest BCUT2D eigenvalue weighted by Gasteiger charge is -2.40. The highest BCUT2D eigenvalue weighted by Crippen LogP contribution is 2.48. The molecule has 0 spiro atoms. The molecule has 10 aromatic rings. The maximum Gasteiger partial charge on any atom is 0.256 e. The van der Waals surface area contributed by atoms with Gasteiger partial charge in [-0.05, 0) is 115 Å². The Kier molecular flexibility index (Phi) is 6.42. The van der Waals surface area contributed by atoms with Crippen LogP contribution >= 0.6 is 0 Å². The van der Waals surface area contributed by atoms with E-state index in [0.29, 0.717) is 0 Å². The zero-order valence-corrected chi connectivity index (χ0v) is 32.3. The fourth-order valence-electron chi connectivity index (χ4n) is 11.0. The van der Waals surface area contributed by atoms with E-state index in [9.17, 15) is 0 Å². The van der Waals surface area contributed by atoms with Gasteiger partial charge < -0.3 is 19.3 Å². The van der Waals surface area contributed by atoms with Crippen molar-refractivity contribution in [2.45, 2.75) is 0 Å². The lowest BCUT2D eigenvalue weighted by Crippen LogP contribution is -2.59. The van der Waals surface area contributed by atoms with Crippen LogP contribution in [0.4, 0.5) is 34.1 Å². The summed E-state index contributed by atoms with van der Waals surface area (Å²) in [6.45, 7) is 0.0173. The SMILES string of the molecule is c1ccc(N2c3ccccc3B3c4ccc5c6ccc7c(c6c6ccccc6c5c4Oc4cccc2c43)Oc2cccc3c2B7c2ccccc2N3c2ccccc2)cc1. The molecule has 4 aliphatic heterocycles. The fourth-order valence-corrected chi connectivity index (χ4v) is 11.0. The molecule has 0 aromatic heterocycles. The van der Waals surface area contributed by atoms with E-state index in [1.807, 2.05) is 0 Å². The van der Waals surface area contributed by atoms with Crippen LogP contribution in [0.25, 0.3) is 32.3 Å². The molecule has 0 unspecified atom stereocenters. The molecule has 14 rings (SSSR count). The summed E-state index contributed by atoms with van der Waals surface area (Å²) in [5.41, 5.74) is 14.3. The molecule has 0 saturated carbocycles. The van der Waals surface area contributed by atoms with Gasteiger partial charge in [-0.2, -0.15) is 0 Å². The number of anilines is 6. The first kappa shape index (κ1) is 32.3. The van der Waals surface area contributed by atoms with Gasteiger partial charge in [0.15, 0.2) is 0 Å². The van der Waals surface area contributed by atoms with Gasteiger partial charge in [-0.25, -0.2) is 0 Å². The Morgan fingerprint density at radius 3 is 1.15 bits per heavy atom. The first-order valence-electron chi connectivity index (χ1n) is 20.8. The summed E-state index contributed by atoms with van der Waals surface area (Å²) >= 11 is 0. The number of hydrogen-bond acceptors (Lipinski definition) is 4. The summed E-state index contributed by atoms with van der Waals surface area (Å²) in [5.74, 6) is 3.66. The maximum atomic E-state index is 7.23. The zero-order valence-electron chi connectivity index (χ0n) is 32.3. The number of nitrogens with zero attached hydrogens (tertiary/aromatic N) is 2. The van der Waals surface area contributed by atoms with Gasteiger partial charge in [0.05, 0.1) is 0 Å². The maximum absolute atomic E-state index is 7.23. The van der Waals surface area contributed by atoms with E-state index in [0.717, 1.165) is 78.1 Å². The van der Waals surface area contributed by atoms with Crippen molar-refractivity contribution in [2.24, 2.45) is 0 Å². The first-order chi connectivity index (χ1) is 29.8. The van der Waals surface area contributed by atoms with Crippen LogP contribution in [0.15, 0.2) is 194 Å². The van der Waals surface area contributed by atoms with Crippen molar-refractivity contribution in [3.05, 3.63) is 194 Å². The Labute approximate surface area is 347 Å². The molecule has 60 heavy (non-hydrogen) atoms. The molecule has 6 heteroatoms. The standard InChI is InChI=1S/C54H32B2N2O2/c1-3-15-33(16-4-1)57-43-23-11-9-21-39(43)55-41-31-29-37-38-30-32-42-54(50(38)36-20-8-7-19-35(36)49(37)53(41)59-47-27-13-25-45(57)51(47)55)60-48-28-14-26-46-52(48)56(42)40-22-10-12-24-44(40)58(46)34-17-5-2-6-18-34/h1-32H. The molecule has 4 heterocycles. The Morgan fingerprint density at radius 2 is 0.683 bits per heavy atom. The van der Waals surface area contributed by atoms with Crippen molar-refractivity contribution in [3.63, 3.8) is 0 Å². The third kappa shape index (κ3) is 4.17. The topological polar surface area (TPSA) is 24.9 Å². The number of rotatable bonds is 2. The van der Waals surface area contributed by atoms with Gasteiger partial charge in [0.1, 0.15) is 23.0 Å². The minimum Gasteiger partial charge on any atom is -0.458 e. The van der Waals surface area contributed by atoms with E-state index in [4.69, 9.17) is 9.47 Å². The molecule has 0 radical (unpaired) electrons. The van der Waals surface area contributed by atoms with Crippen LogP contribution in [-0.4, -0.2) is 13.4 Å². The minimum absolute atomic E-state index is 0.00866. The summed E-state index contributed by atoms with van der Waals surface area (Å²) in [4.78, 5) is 4.77. The van der Waals surface area contributed by atoms with Gasteiger partial charge in [0.2, 0.25) is 0 Å². The molecule has 0 bridgehead atoms. The van der Waals surface area contributed by atoms with Gasteiger partial charge in [-0.3, -0.25) is 0 Å². The van der Waals surface area contributed by atoms with Gasteiger partial charge in [-0.15, -0.1) is 0 Å². The second kappa shape index (κ2) is 11.9. The Hall–Kier alpha value is -7.69. The predicted octanol–water partition coefficient (Wildman–Crippen LogP) is 9.96. The highest BCUT2D eigenvalue weighted by Gasteiger charge is 2.44. The largest absolute Gasteiger partial charge is 0.458 e. The number of hydrogen-bond donors (Lipinski definition) is 0. The van der Waals surface area contributed by atoms with E-state index in [2.05, 4.69) is 204 Å². The minimum atomic E-state index is 0.00866. The summed E-state index contributed by atoms with van der Waals surface area (Å²) in [5, 5.41) is 6.89. The average molecular weight is 762 g/mol. The molecule has 0 N–H and O–H groups in total. The molecule has 10 aromatic carbocycles. The third-order valence-corrected chi connectivity index (χ3v) is 13.3. The summed E-state index contributed by atoms with van der Waals surface area (Å²) < 4.78 is 14.5. The van der Waals surface area contributed by atoms with Gasteiger partial charge in [0.25, 0.3) is 13.4 Å². The van der Waals surface area contributed by atoms with Crippen molar-refractivity contribution >= 4 is 113 Å².